The molecule has 17 heavy (non-hydrogen) atoms. The molecule has 0 aliphatic heterocycles. The van der Waals surface area contributed by atoms with Gasteiger partial charge in [0.25, 0.3) is 5.56 Å². The van der Waals surface area contributed by atoms with Crippen molar-refractivity contribution >= 4 is 10.9 Å². The van der Waals surface area contributed by atoms with Crippen molar-refractivity contribution in [2.24, 2.45) is 0 Å². The normalized spacial score (nSPS) is 10.3. The van der Waals surface area contributed by atoms with Gasteiger partial charge in [-0.2, -0.15) is 0 Å². The van der Waals surface area contributed by atoms with E-state index in [1.165, 1.54) is 27.7 Å². The van der Waals surface area contributed by atoms with Gasteiger partial charge >= 0.3 is 0 Å². The molecule has 1 aromatic carbocycles. The highest BCUT2D eigenvalue weighted by molar-refractivity contribution is 5.89. The number of aromatic nitrogens is 2. The van der Waals surface area contributed by atoms with Gasteiger partial charge in [0.2, 0.25) is 5.75 Å². The average Bonchev–Trinajstić information content (AvgIpc) is 2.36. The molecule has 1 N–H and O–H groups in total. The fourth-order valence-electron chi connectivity index (χ4n) is 1.70. The molecule has 0 amide bonds. The van der Waals surface area contributed by atoms with E-state index in [4.69, 9.17) is 14.2 Å². The second-order valence-electron chi connectivity index (χ2n) is 3.27. The van der Waals surface area contributed by atoms with Crippen molar-refractivity contribution in [3.05, 3.63) is 22.7 Å². The van der Waals surface area contributed by atoms with E-state index >= 15 is 0 Å². The average molecular weight is 236 g/mol. The Kier molecular flexibility index (Phi) is 2.86. The second kappa shape index (κ2) is 4.32. The number of fused-ring (bicyclic) bond motifs is 1. The van der Waals surface area contributed by atoms with Gasteiger partial charge in [-0.3, -0.25) is 4.79 Å². The third-order valence-electron chi connectivity index (χ3n) is 2.44. The quantitative estimate of drug-likeness (QED) is 0.858. The lowest BCUT2D eigenvalue weighted by atomic mass is 10.2. The van der Waals surface area contributed by atoms with Crippen LogP contribution in [0.2, 0.25) is 0 Å². The summed E-state index contributed by atoms with van der Waals surface area (Å²) in [6, 6.07) is 1.63. The summed E-state index contributed by atoms with van der Waals surface area (Å²) in [5.74, 6) is 1.16. The number of H-pyrrole nitrogens is 1. The van der Waals surface area contributed by atoms with Gasteiger partial charge in [0.1, 0.15) is 5.39 Å². The first-order chi connectivity index (χ1) is 8.22. The summed E-state index contributed by atoms with van der Waals surface area (Å²) in [7, 11) is 4.45. The van der Waals surface area contributed by atoms with Gasteiger partial charge in [0.15, 0.2) is 11.5 Å². The molecule has 0 fully saturated rings. The maximum atomic E-state index is 11.8. The van der Waals surface area contributed by atoms with Crippen molar-refractivity contribution in [2.45, 2.75) is 0 Å². The van der Waals surface area contributed by atoms with Crippen molar-refractivity contribution in [1.82, 2.24) is 9.97 Å². The summed E-state index contributed by atoms with van der Waals surface area (Å²) in [4.78, 5) is 18.3. The molecular formula is C11H12N2O4. The number of aromatic amines is 1. The lowest BCUT2D eigenvalue weighted by molar-refractivity contribution is 0.327. The van der Waals surface area contributed by atoms with Gasteiger partial charge < -0.3 is 19.2 Å². The van der Waals surface area contributed by atoms with E-state index in [1.807, 2.05) is 0 Å². The minimum Gasteiger partial charge on any atom is -0.493 e. The Bertz CT molecular complexity index is 606. The van der Waals surface area contributed by atoms with Crippen molar-refractivity contribution in [3.63, 3.8) is 0 Å². The molecule has 0 saturated carbocycles. The Morgan fingerprint density at radius 1 is 1.12 bits per heavy atom. The van der Waals surface area contributed by atoms with Crippen LogP contribution in [0.25, 0.3) is 10.9 Å². The Morgan fingerprint density at radius 2 is 1.82 bits per heavy atom. The predicted octanol–water partition coefficient (Wildman–Crippen LogP) is 0.949. The Hall–Kier alpha value is -2.24. The number of nitrogens with zero attached hydrogens (tertiary/aromatic N) is 1. The largest absolute Gasteiger partial charge is 0.493 e. The van der Waals surface area contributed by atoms with Crippen molar-refractivity contribution in [2.75, 3.05) is 21.3 Å². The van der Waals surface area contributed by atoms with Crippen molar-refractivity contribution in [3.8, 4) is 17.2 Å². The first-order valence-electron chi connectivity index (χ1n) is 4.89. The standard InChI is InChI=1S/C11H12N2O4/c1-15-7-4-6-8(11(14)13-5-12-6)10(17-3)9(7)16-2/h4-5H,1-3H3,(H,12,13,14). The van der Waals surface area contributed by atoms with E-state index in [0.29, 0.717) is 28.2 Å². The van der Waals surface area contributed by atoms with Crippen molar-refractivity contribution < 1.29 is 14.2 Å². The summed E-state index contributed by atoms with van der Waals surface area (Å²) in [6.07, 6.45) is 1.33. The molecule has 90 valence electrons. The van der Waals surface area contributed by atoms with Crippen LogP contribution in [0.3, 0.4) is 0 Å². The van der Waals surface area contributed by atoms with Crippen LogP contribution in [-0.4, -0.2) is 31.3 Å². The fourth-order valence-corrected chi connectivity index (χ4v) is 1.70. The van der Waals surface area contributed by atoms with Crippen LogP contribution in [0.4, 0.5) is 0 Å². The first-order valence-corrected chi connectivity index (χ1v) is 4.89. The molecule has 6 heteroatoms. The molecule has 0 bridgehead atoms. The van der Waals surface area contributed by atoms with Gasteiger partial charge in [0, 0.05) is 6.07 Å². The maximum Gasteiger partial charge on any atom is 0.262 e. The van der Waals surface area contributed by atoms with E-state index in [2.05, 4.69) is 9.97 Å². The van der Waals surface area contributed by atoms with Gasteiger partial charge in [-0.15, -0.1) is 0 Å². The lowest BCUT2D eigenvalue weighted by Gasteiger charge is -2.13. The lowest BCUT2D eigenvalue weighted by Crippen LogP contribution is -2.09. The second-order valence-corrected chi connectivity index (χ2v) is 3.27. The number of rotatable bonds is 3. The zero-order valence-electron chi connectivity index (χ0n) is 9.73. The molecule has 0 spiro atoms. The van der Waals surface area contributed by atoms with Crippen LogP contribution >= 0.6 is 0 Å². The van der Waals surface area contributed by atoms with E-state index in [9.17, 15) is 4.79 Å². The highest BCUT2D eigenvalue weighted by Crippen LogP contribution is 2.41. The van der Waals surface area contributed by atoms with Gasteiger partial charge in [-0.05, 0) is 0 Å². The molecule has 1 heterocycles. The van der Waals surface area contributed by atoms with Gasteiger partial charge in [-0.25, -0.2) is 4.98 Å². The highest BCUT2D eigenvalue weighted by Gasteiger charge is 2.18. The van der Waals surface area contributed by atoms with Gasteiger partial charge in [-0.1, -0.05) is 0 Å². The Balaban J connectivity index is 2.95. The smallest absolute Gasteiger partial charge is 0.262 e. The SMILES string of the molecule is COc1cc2nc[nH]c(=O)c2c(OC)c1OC. The maximum absolute atomic E-state index is 11.8. The zero-order valence-corrected chi connectivity index (χ0v) is 9.73. The van der Waals surface area contributed by atoms with Gasteiger partial charge in [0.05, 0.1) is 33.2 Å². The fraction of sp³-hybridized carbons (Fsp3) is 0.273. The molecule has 0 aliphatic carbocycles. The number of methoxy groups -OCH3 is 3. The molecule has 0 atom stereocenters. The monoisotopic (exact) mass is 236 g/mol. The third kappa shape index (κ3) is 1.67. The van der Waals surface area contributed by atoms with Crippen LogP contribution in [0.1, 0.15) is 0 Å². The van der Waals surface area contributed by atoms with E-state index < -0.39 is 0 Å². The summed E-state index contributed by atoms with van der Waals surface area (Å²) in [5.41, 5.74) is 0.205. The minimum atomic E-state index is -0.284. The topological polar surface area (TPSA) is 73.4 Å². The van der Waals surface area contributed by atoms with Crippen molar-refractivity contribution in [1.29, 1.82) is 0 Å². The van der Waals surface area contributed by atoms with Crippen LogP contribution in [0.15, 0.2) is 17.2 Å². The number of ether oxygens (including phenoxy) is 3. The summed E-state index contributed by atoms with van der Waals surface area (Å²) < 4.78 is 15.6. The minimum absolute atomic E-state index is 0.284. The highest BCUT2D eigenvalue weighted by atomic mass is 16.5. The van der Waals surface area contributed by atoms with Crippen LogP contribution in [-0.2, 0) is 0 Å². The molecular weight excluding hydrogens is 224 g/mol. The summed E-state index contributed by atoms with van der Waals surface area (Å²) >= 11 is 0. The molecule has 0 aliphatic rings. The molecule has 0 radical (unpaired) electrons. The molecule has 6 nitrogen and oxygen atoms in total. The van der Waals surface area contributed by atoms with Crippen LogP contribution in [0, 0.1) is 0 Å². The van der Waals surface area contributed by atoms with E-state index in [-0.39, 0.29) is 5.56 Å². The number of hydrogen-bond acceptors (Lipinski definition) is 5. The molecule has 1 aromatic heterocycles. The third-order valence-corrected chi connectivity index (χ3v) is 2.44. The zero-order chi connectivity index (χ0) is 12.4. The first kappa shape index (κ1) is 11.3. The molecule has 2 aromatic rings. The molecule has 2 rings (SSSR count). The predicted molar refractivity (Wildman–Crippen MR) is 62.0 cm³/mol. The Morgan fingerprint density at radius 3 is 2.41 bits per heavy atom. The van der Waals surface area contributed by atoms with E-state index in [1.54, 1.807) is 6.07 Å². The number of nitrogens with one attached hydrogen (secondary N) is 1. The van der Waals surface area contributed by atoms with Crippen LogP contribution in [0.5, 0.6) is 17.2 Å². The number of benzene rings is 1. The van der Waals surface area contributed by atoms with Crippen LogP contribution < -0.4 is 19.8 Å². The Labute approximate surface area is 97.1 Å². The summed E-state index contributed by atoms with van der Waals surface area (Å²) in [5, 5.41) is 0.340. The number of hydrogen-bond donors (Lipinski definition) is 1. The molecule has 0 saturated heterocycles. The summed E-state index contributed by atoms with van der Waals surface area (Å²) in [6.45, 7) is 0. The van der Waals surface area contributed by atoms with E-state index in [0.717, 1.165) is 0 Å². The molecule has 0 unspecified atom stereocenters.